The molecule has 0 aliphatic rings. The molecule has 0 saturated heterocycles. The Bertz CT molecular complexity index is 422. The van der Waals surface area contributed by atoms with Crippen LogP contribution in [-0.4, -0.2) is 23.4 Å². The largest absolute Gasteiger partial charge is 0.378 e. The number of para-hydroxylation sites is 1. The summed E-state index contributed by atoms with van der Waals surface area (Å²) in [6, 6.07) is 8.09. The smallest absolute Gasteiger partial charge is 0.108 e. The second kappa shape index (κ2) is 3.82. The van der Waals surface area contributed by atoms with E-state index in [-0.39, 0.29) is 0 Å². The lowest BCUT2D eigenvalue weighted by Gasteiger charge is -2.07. The van der Waals surface area contributed by atoms with Crippen molar-refractivity contribution in [2.75, 3.05) is 7.05 Å². The molecule has 3 N–H and O–H groups in total. The van der Waals surface area contributed by atoms with E-state index < -0.39 is 6.23 Å². The summed E-state index contributed by atoms with van der Waals surface area (Å²) in [7, 11) is 1.75. The second-order valence-electron chi connectivity index (χ2n) is 3.37. The maximum Gasteiger partial charge on any atom is 0.108 e. The number of aromatic amines is 1. The van der Waals surface area contributed by atoms with Gasteiger partial charge in [0.15, 0.2) is 0 Å². The van der Waals surface area contributed by atoms with Gasteiger partial charge in [0.25, 0.3) is 0 Å². The first kappa shape index (κ1) is 9.24. The highest BCUT2D eigenvalue weighted by Gasteiger charge is 2.06. The number of aliphatic hydroxyl groups is 1. The summed E-state index contributed by atoms with van der Waals surface area (Å²) in [6.07, 6.45) is 2.10. The second-order valence-corrected chi connectivity index (χ2v) is 3.37. The maximum absolute atomic E-state index is 9.46. The minimum Gasteiger partial charge on any atom is -0.378 e. The summed E-state index contributed by atoms with van der Waals surface area (Å²) in [5.74, 6) is 0. The zero-order valence-corrected chi connectivity index (χ0v) is 8.12. The van der Waals surface area contributed by atoms with Crippen LogP contribution in [0.1, 0.15) is 5.56 Å². The minimum atomic E-state index is -0.478. The molecule has 2 aromatic rings. The topological polar surface area (TPSA) is 48.0 Å². The lowest BCUT2D eigenvalue weighted by molar-refractivity contribution is 0.147. The molecule has 1 aromatic heterocycles. The molecule has 0 saturated carbocycles. The monoisotopic (exact) mass is 190 g/mol. The molecule has 3 heteroatoms. The third-order valence-electron chi connectivity index (χ3n) is 2.42. The van der Waals surface area contributed by atoms with Gasteiger partial charge in [-0.05, 0) is 18.7 Å². The van der Waals surface area contributed by atoms with Gasteiger partial charge in [-0.15, -0.1) is 0 Å². The van der Waals surface area contributed by atoms with Crippen molar-refractivity contribution in [1.29, 1.82) is 0 Å². The molecule has 3 nitrogen and oxygen atoms in total. The Kier molecular flexibility index (Phi) is 2.52. The summed E-state index contributed by atoms with van der Waals surface area (Å²) in [6.45, 7) is 0. The van der Waals surface area contributed by atoms with Crippen molar-refractivity contribution >= 4 is 10.9 Å². The number of aliphatic hydroxyl groups excluding tert-OH is 1. The average Bonchev–Trinajstić information content (AvgIpc) is 2.62. The van der Waals surface area contributed by atoms with Crippen molar-refractivity contribution in [3.63, 3.8) is 0 Å². The highest BCUT2D eigenvalue weighted by atomic mass is 16.3. The van der Waals surface area contributed by atoms with E-state index in [0.29, 0.717) is 6.42 Å². The number of hydrogen-bond acceptors (Lipinski definition) is 2. The van der Waals surface area contributed by atoms with Crippen LogP contribution >= 0.6 is 0 Å². The molecule has 1 unspecified atom stereocenters. The molecular formula is C11H14N2O. The van der Waals surface area contributed by atoms with Crippen molar-refractivity contribution in [2.45, 2.75) is 12.6 Å². The van der Waals surface area contributed by atoms with E-state index in [2.05, 4.69) is 16.4 Å². The minimum absolute atomic E-state index is 0.478. The van der Waals surface area contributed by atoms with E-state index in [1.807, 2.05) is 24.4 Å². The summed E-state index contributed by atoms with van der Waals surface area (Å²) in [5.41, 5.74) is 2.26. The van der Waals surface area contributed by atoms with Crippen molar-refractivity contribution in [1.82, 2.24) is 10.3 Å². The van der Waals surface area contributed by atoms with Gasteiger partial charge in [0.05, 0.1) is 0 Å². The van der Waals surface area contributed by atoms with Gasteiger partial charge in [0, 0.05) is 23.5 Å². The summed E-state index contributed by atoms with van der Waals surface area (Å²) >= 11 is 0. The molecular weight excluding hydrogens is 176 g/mol. The fraction of sp³-hybridized carbons (Fsp3) is 0.273. The van der Waals surface area contributed by atoms with Gasteiger partial charge in [-0.2, -0.15) is 0 Å². The zero-order valence-electron chi connectivity index (χ0n) is 8.12. The number of hydrogen-bond donors (Lipinski definition) is 3. The van der Waals surface area contributed by atoms with Crippen LogP contribution in [0.4, 0.5) is 0 Å². The van der Waals surface area contributed by atoms with E-state index in [1.54, 1.807) is 7.05 Å². The van der Waals surface area contributed by atoms with E-state index in [4.69, 9.17) is 0 Å². The molecule has 0 radical (unpaired) electrons. The van der Waals surface area contributed by atoms with Crippen molar-refractivity contribution in [3.05, 3.63) is 36.0 Å². The van der Waals surface area contributed by atoms with Gasteiger partial charge < -0.3 is 10.1 Å². The van der Waals surface area contributed by atoms with Crippen LogP contribution in [0.2, 0.25) is 0 Å². The van der Waals surface area contributed by atoms with Gasteiger partial charge in [-0.1, -0.05) is 18.2 Å². The first-order valence-electron chi connectivity index (χ1n) is 4.71. The van der Waals surface area contributed by atoms with Crippen LogP contribution in [0.3, 0.4) is 0 Å². The predicted octanol–water partition coefficient (Wildman–Crippen LogP) is 1.25. The lowest BCUT2D eigenvalue weighted by atomic mass is 10.1. The van der Waals surface area contributed by atoms with E-state index in [1.165, 1.54) is 5.39 Å². The molecule has 1 atom stereocenters. The third-order valence-corrected chi connectivity index (χ3v) is 2.42. The van der Waals surface area contributed by atoms with Crippen LogP contribution in [-0.2, 0) is 6.42 Å². The molecule has 1 aromatic carbocycles. The normalized spacial score (nSPS) is 13.3. The molecule has 14 heavy (non-hydrogen) atoms. The van der Waals surface area contributed by atoms with Gasteiger partial charge >= 0.3 is 0 Å². The summed E-state index contributed by atoms with van der Waals surface area (Å²) in [5, 5.41) is 13.5. The molecule has 0 amide bonds. The Morgan fingerprint density at radius 2 is 2.21 bits per heavy atom. The van der Waals surface area contributed by atoms with Crippen molar-refractivity contribution in [2.24, 2.45) is 0 Å². The number of fused-ring (bicyclic) bond motifs is 1. The van der Waals surface area contributed by atoms with Gasteiger partial charge in [-0.25, -0.2) is 0 Å². The number of H-pyrrole nitrogens is 1. The Hall–Kier alpha value is -1.32. The zero-order chi connectivity index (χ0) is 9.97. The number of nitrogens with one attached hydrogen (secondary N) is 2. The number of likely N-dealkylation sites (N-methyl/N-ethyl adjacent to an activating group) is 1. The molecule has 0 aliphatic heterocycles. The Labute approximate surface area is 82.8 Å². The number of aromatic nitrogens is 1. The van der Waals surface area contributed by atoms with Gasteiger partial charge in [0.2, 0.25) is 0 Å². The van der Waals surface area contributed by atoms with Crippen molar-refractivity contribution < 1.29 is 5.11 Å². The van der Waals surface area contributed by atoms with E-state index in [0.717, 1.165) is 11.1 Å². The highest BCUT2D eigenvalue weighted by Crippen LogP contribution is 2.18. The first-order valence-corrected chi connectivity index (χ1v) is 4.71. The molecule has 0 bridgehead atoms. The van der Waals surface area contributed by atoms with Crippen LogP contribution < -0.4 is 5.32 Å². The molecule has 0 spiro atoms. The fourth-order valence-corrected chi connectivity index (χ4v) is 1.61. The standard InChI is InChI=1S/C11H14N2O/c1-12-11(14)6-8-7-13-10-5-3-2-4-9(8)10/h2-5,7,11-14H,6H2,1H3. The number of benzene rings is 1. The van der Waals surface area contributed by atoms with Crippen LogP contribution in [0.25, 0.3) is 10.9 Å². The van der Waals surface area contributed by atoms with Gasteiger partial charge in [0.1, 0.15) is 6.23 Å². The predicted molar refractivity (Wildman–Crippen MR) is 57.1 cm³/mol. The average molecular weight is 190 g/mol. The van der Waals surface area contributed by atoms with Crippen LogP contribution in [0.5, 0.6) is 0 Å². The molecule has 0 aliphatic carbocycles. The maximum atomic E-state index is 9.46. The first-order chi connectivity index (χ1) is 6.81. The fourth-order valence-electron chi connectivity index (χ4n) is 1.61. The van der Waals surface area contributed by atoms with Crippen LogP contribution in [0, 0.1) is 0 Å². The molecule has 74 valence electrons. The molecule has 2 rings (SSSR count). The quantitative estimate of drug-likeness (QED) is 0.638. The number of rotatable bonds is 3. The van der Waals surface area contributed by atoms with Gasteiger partial charge in [-0.3, -0.25) is 5.32 Å². The molecule has 1 heterocycles. The molecule has 0 fully saturated rings. The highest BCUT2D eigenvalue weighted by molar-refractivity contribution is 5.83. The van der Waals surface area contributed by atoms with E-state index >= 15 is 0 Å². The third kappa shape index (κ3) is 1.64. The Balaban J connectivity index is 2.33. The Morgan fingerprint density at radius 3 is 3.00 bits per heavy atom. The lowest BCUT2D eigenvalue weighted by Crippen LogP contribution is -2.26. The van der Waals surface area contributed by atoms with Crippen molar-refractivity contribution in [3.8, 4) is 0 Å². The van der Waals surface area contributed by atoms with Crippen LogP contribution in [0.15, 0.2) is 30.5 Å². The Morgan fingerprint density at radius 1 is 1.43 bits per heavy atom. The summed E-state index contributed by atoms with van der Waals surface area (Å²) < 4.78 is 0. The van der Waals surface area contributed by atoms with E-state index in [9.17, 15) is 5.11 Å². The summed E-state index contributed by atoms with van der Waals surface area (Å²) in [4.78, 5) is 3.18. The SMILES string of the molecule is CNC(O)Cc1c[nH]c2ccccc12.